The molecule has 7 nitrogen and oxygen atoms in total. The molecule has 0 aliphatic carbocycles. The first kappa shape index (κ1) is 14.8. The van der Waals surface area contributed by atoms with Crippen LogP contribution in [0.3, 0.4) is 0 Å². The monoisotopic (exact) mass is 241 g/mol. The molecule has 0 saturated heterocycles. The summed E-state index contributed by atoms with van der Waals surface area (Å²) in [6.07, 6.45) is 4.84. The molecule has 0 aromatic carbocycles. The van der Waals surface area contributed by atoms with Gasteiger partial charge in [-0.1, -0.05) is 5.92 Å². The van der Waals surface area contributed by atoms with Gasteiger partial charge in [-0.2, -0.15) is 0 Å². The molecule has 94 valence electrons. The SMILES string of the molecule is C#CCN(C)C(=O)N[C@@H](CCC(N)=O)C(=O)O. The van der Waals surface area contributed by atoms with Crippen LogP contribution in [0.25, 0.3) is 0 Å². The van der Waals surface area contributed by atoms with Crippen molar-refractivity contribution < 1.29 is 19.5 Å². The molecule has 0 saturated carbocycles. The molecule has 0 aromatic heterocycles. The number of nitrogens with zero attached hydrogens (tertiary/aromatic N) is 1. The first-order valence-electron chi connectivity index (χ1n) is 4.84. The second kappa shape index (κ2) is 7.11. The maximum absolute atomic E-state index is 11.4. The van der Waals surface area contributed by atoms with Crippen LogP contribution in [0, 0.1) is 12.3 Å². The molecule has 0 rings (SSSR count). The van der Waals surface area contributed by atoms with E-state index in [2.05, 4.69) is 11.2 Å². The van der Waals surface area contributed by atoms with E-state index in [1.165, 1.54) is 7.05 Å². The maximum Gasteiger partial charge on any atom is 0.326 e. The van der Waals surface area contributed by atoms with Crippen LogP contribution in [0.5, 0.6) is 0 Å². The molecule has 0 unspecified atom stereocenters. The van der Waals surface area contributed by atoms with Crippen LogP contribution < -0.4 is 11.1 Å². The third-order valence-corrected chi connectivity index (χ3v) is 1.95. The molecule has 0 aliphatic rings. The van der Waals surface area contributed by atoms with Gasteiger partial charge in [0.25, 0.3) is 0 Å². The van der Waals surface area contributed by atoms with Crippen molar-refractivity contribution in [3.05, 3.63) is 0 Å². The summed E-state index contributed by atoms with van der Waals surface area (Å²) < 4.78 is 0. The second-order valence-corrected chi connectivity index (χ2v) is 3.41. The van der Waals surface area contributed by atoms with Crippen molar-refractivity contribution >= 4 is 17.9 Å². The van der Waals surface area contributed by atoms with Crippen molar-refractivity contribution in [3.8, 4) is 12.3 Å². The van der Waals surface area contributed by atoms with Gasteiger partial charge in [-0.15, -0.1) is 6.42 Å². The number of hydrogen-bond donors (Lipinski definition) is 3. The average molecular weight is 241 g/mol. The van der Waals surface area contributed by atoms with E-state index in [0.29, 0.717) is 0 Å². The zero-order valence-corrected chi connectivity index (χ0v) is 9.47. The van der Waals surface area contributed by atoms with E-state index in [1.54, 1.807) is 0 Å². The Hall–Kier alpha value is -2.23. The number of carbonyl (C=O) groups excluding carboxylic acids is 2. The minimum absolute atomic E-state index is 0.0553. The summed E-state index contributed by atoms with van der Waals surface area (Å²) in [4.78, 5) is 33.9. The molecule has 4 N–H and O–H groups in total. The summed E-state index contributed by atoms with van der Waals surface area (Å²) in [5.74, 6) is 0.394. The van der Waals surface area contributed by atoms with E-state index in [9.17, 15) is 14.4 Å². The Morgan fingerprint density at radius 2 is 2.12 bits per heavy atom. The fourth-order valence-electron chi connectivity index (χ4n) is 1.01. The molecule has 0 radical (unpaired) electrons. The van der Waals surface area contributed by atoms with Crippen LogP contribution in [0.15, 0.2) is 0 Å². The summed E-state index contributed by atoms with van der Waals surface area (Å²) in [7, 11) is 1.43. The van der Waals surface area contributed by atoms with Crippen LogP contribution in [0.1, 0.15) is 12.8 Å². The van der Waals surface area contributed by atoms with Crippen molar-refractivity contribution in [1.29, 1.82) is 0 Å². The van der Waals surface area contributed by atoms with Crippen LogP contribution in [-0.4, -0.2) is 47.5 Å². The summed E-state index contributed by atoms with van der Waals surface area (Å²) in [5, 5.41) is 11.1. The van der Waals surface area contributed by atoms with Gasteiger partial charge in [0.05, 0.1) is 6.54 Å². The Morgan fingerprint density at radius 3 is 2.53 bits per heavy atom. The van der Waals surface area contributed by atoms with Crippen molar-refractivity contribution in [1.82, 2.24) is 10.2 Å². The topological polar surface area (TPSA) is 113 Å². The normalized spacial score (nSPS) is 11.1. The van der Waals surface area contributed by atoms with Gasteiger partial charge in [0.2, 0.25) is 5.91 Å². The average Bonchev–Trinajstić information content (AvgIpc) is 2.23. The summed E-state index contributed by atoms with van der Waals surface area (Å²) in [6.45, 7) is 0.0635. The van der Waals surface area contributed by atoms with E-state index in [-0.39, 0.29) is 19.4 Å². The lowest BCUT2D eigenvalue weighted by Gasteiger charge is -2.19. The van der Waals surface area contributed by atoms with Gasteiger partial charge < -0.3 is 21.1 Å². The largest absolute Gasteiger partial charge is 0.480 e. The molecule has 3 amide bonds. The van der Waals surface area contributed by atoms with E-state index in [4.69, 9.17) is 17.3 Å². The molecular weight excluding hydrogens is 226 g/mol. The zero-order chi connectivity index (χ0) is 13.4. The lowest BCUT2D eigenvalue weighted by atomic mass is 10.1. The van der Waals surface area contributed by atoms with Crippen LogP contribution >= 0.6 is 0 Å². The number of aliphatic carboxylic acids is 1. The first-order chi connectivity index (χ1) is 7.88. The lowest BCUT2D eigenvalue weighted by Crippen LogP contribution is -2.47. The molecule has 1 atom stereocenters. The molecule has 0 heterocycles. The predicted molar refractivity (Wildman–Crippen MR) is 59.8 cm³/mol. The van der Waals surface area contributed by atoms with Crippen molar-refractivity contribution in [2.24, 2.45) is 5.73 Å². The molecule has 17 heavy (non-hydrogen) atoms. The van der Waals surface area contributed by atoms with Gasteiger partial charge in [0.15, 0.2) is 0 Å². The van der Waals surface area contributed by atoms with Gasteiger partial charge in [0.1, 0.15) is 6.04 Å². The smallest absolute Gasteiger partial charge is 0.326 e. The number of nitrogens with two attached hydrogens (primary N) is 1. The third kappa shape index (κ3) is 6.04. The first-order valence-corrected chi connectivity index (χ1v) is 4.84. The summed E-state index contributed by atoms with van der Waals surface area (Å²) >= 11 is 0. The number of terminal acetylenes is 1. The highest BCUT2D eigenvalue weighted by Gasteiger charge is 2.21. The highest BCUT2D eigenvalue weighted by molar-refractivity contribution is 5.83. The van der Waals surface area contributed by atoms with Crippen molar-refractivity contribution in [3.63, 3.8) is 0 Å². The molecule has 0 fully saturated rings. The Kier molecular flexibility index (Phi) is 6.18. The van der Waals surface area contributed by atoms with Gasteiger partial charge in [-0.05, 0) is 6.42 Å². The van der Waals surface area contributed by atoms with E-state index < -0.39 is 23.9 Å². The second-order valence-electron chi connectivity index (χ2n) is 3.41. The molecule has 0 spiro atoms. The number of nitrogens with one attached hydrogen (secondary N) is 1. The van der Waals surface area contributed by atoms with Gasteiger partial charge in [-0.3, -0.25) is 4.79 Å². The number of urea groups is 1. The number of carboxylic acids is 1. The summed E-state index contributed by atoms with van der Waals surface area (Å²) in [5.41, 5.74) is 4.90. The Morgan fingerprint density at radius 1 is 1.53 bits per heavy atom. The van der Waals surface area contributed by atoms with E-state index in [0.717, 1.165) is 4.90 Å². The number of primary amides is 1. The molecular formula is C10H15N3O4. The summed E-state index contributed by atoms with van der Waals surface area (Å²) in [6, 6.07) is -1.77. The van der Waals surface area contributed by atoms with Crippen molar-refractivity contribution in [2.45, 2.75) is 18.9 Å². The quantitative estimate of drug-likeness (QED) is 0.516. The van der Waals surface area contributed by atoms with E-state index in [1.807, 2.05) is 0 Å². The predicted octanol–water partition coefficient (Wildman–Crippen LogP) is -1.02. The lowest BCUT2D eigenvalue weighted by molar-refractivity contribution is -0.139. The molecule has 0 aromatic rings. The number of hydrogen-bond acceptors (Lipinski definition) is 3. The van der Waals surface area contributed by atoms with Crippen LogP contribution in [-0.2, 0) is 9.59 Å². The maximum atomic E-state index is 11.4. The molecule has 0 aliphatic heterocycles. The minimum Gasteiger partial charge on any atom is -0.480 e. The fourth-order valence-corrected chi connectivity index (χ4v) is 1.01. The standard InChI is InChI=1S/C10H15N3O4/c1-3-6-13(2)10(17)12-7(9(15)16)4-5-8(11)14/h1,7H,4-6H2,2H3,(H2,11,14)(H,12,17)(H,15,16)/t7-/m0/s1. The Balaban J connectivity index is 4.35. The van der Waals surface area contributed by atoms with E-state index >= 15 is 0 Å². The molecule has 0 bridgehead atoms. The van der Waals surface area contributed by atoms with Crippen LogP contribution in [0.2, 0.25) is 0 Å². The Labute approximate surface area is 99.0 Å². The van der Waals surface area contributed by atoms with Gasteiger partial charge in [0, 0.05) is 13.5 Å². The minimum atomic E-state index is -1.23. The molecule has 7 heteroatoms. The number of rotatable bonds is 6. The highest BCUT2D eigenvalue weighted by Crippen LogP contribution is 1.98. The van der Waals surface area contributed by atoms with Gasteiger partial charge >= 0.3 is 12.0 Å². The number of carboxylic acid groups (broad SMARTS) is 1. The zero-order valence-electron chi connectivity index (χ0n) is 9.47. The Bertz CT molecular complexity index is 348. The number of carbonyl (C=O) groups is 3. The third-order valence-electron chi connectivity index (χ3n) is 1.95. The van der Waals surface area contributed by atoms with Crippen LogP contribution in [0.4, 0.5) is 4.79 Å². The fraction of sp³-hybridized carbons (Fsp3) is 0.500. The number of amides is 3. The van der Waals surface area contributed by atoms with Gasteiger partial charge in [-0.25, -0.2) is 9.59 Å². The highest BCUT2D eigenvalue weighted by atomic mass is 16.4. The van der Waals surface area contributed by atoms with Crippen molar-refractivity contribution in [2.75, 3.05) is 13.6 Å².